The van der Waals surface area contributed by atoms with Gasteiger partial charge < -0.3 is 15.3 Å². The van der Waals surface area contributed by atoms with E-state index >= 15 is 0 Å². The number of nitrogens with zero attached hydrogens (tertiary/aromatic N) is 1. The Labute approximate surface area is 134 Å². The van der Waals surface area contributed by atoms with E-state index in [-0.39, 0.29) is 5.91 Å². The number of anilines is 1. The lowest BCUT2D eigenvalue weighted by molar-refractivity contribution is -0.132. The van der Waals surface area contributed by atoms with Crippen molar-refractivity contribution in [3.63, 3.8) is 0 Å². The molecule has 0 radical (unpaired) electrons. The van der Waals surface area contributed by atoms with Gasteiger partial charge in [0.25, 0.3) is 5.91 Å². The van der Waals surface area contributed by atoms with E-state index in [0.717, 1.165) is 5.69 Å². The largest absolute Gasteiger partial charge is 0.378 e. The van der Waals surface area contributed by atoms with Crippen LogP contribution in [0.2, 0.25) is 0 Å². The standard InChI is InChI=1S/C18H18N2O3/c21-16(13-7-3-1-4-8-13)17(22)19-15-11-12-20(18(15)23)14-9-5-2-6-10-14/h1-10,15-16,21H,11-12H2,(H,19,22). The smallest absolute Gasteiger partial charge is 0.254 e. The van der Waals surface area contributed by atoms with Crippen molar-refractivity contribution >= 4 is 17.5 Å². The van der Waals surface area contributed by atoms with Crippen LogP contribution in [0.15, 0.2) is 60.7 Å². The Balaban J connectivity index is 1.65. The minimum Gasteiger partial charge on any atom is -0.378 e. The molecule has 2 unspecified atom stereocenters. The fraction of sp³-hybridized carbons (Fsp3) is 0.222. The number of para-hydroxylation sites is 1. The first-order valence-corrected chi connectivity index (χ1v) is 7.56. The maximum absolute atomic E-state index is 12.4. The van der Waals surface area contributed by atoms with Crippen molar-refractivity contribution in [2.75, 3.05) is 11.4 Å². The second-order valence-corrected chi connectivity index (χ2v) is 5.49. The van der Waals surface area contributed by atoms with E-state index in [1.165, 1.54) is 0 Å². The zero-order valence-electron chi connectivity index (χ0n) is 12.6. The zero-order chi connectivity index (χ0) is 16.2. The van der Waals surface area contributed by atoms with Crippen molar-refractivity contribution in [1.29, 1.82) is 0 Å². The Morgan fingerprint density at radius 3 is 2.35 bits per heavy atom. The van der Waals surface area contributed by atoms with Gasteiger partial charge in [-0.3, -0.25) is 9.59 Å². The predicted octanol–water partition coefficient (Wildman–Crippen LogP) is 1.64. The van der Waals surface area contributed by atoms with Crippen molar-refractivity contribution in [2.45, 2.75) is 18.6 Å². The van der Waals surface area contributed by atoms with E-state index in [9.17, 15) is 14.7 Å². The molecule has 0 aliphatic carbocycles. The highest BCUT2D eigenvalue weighted by atomic mass is 16.3. The van der Waals surface area contributed by atoms with Crippen LogP contribution in [-0.4, -0.2) is 29.5 Å². The van der Waals surface area contributed by atoms with Crippen molar-refractivity contribution in [1.82, 2.24) is 5.32 Å². The van der Waals surface area contributed by atoms with E-state index in [1.807, 2.05) is 36.4 Å². The van der Waals surface area contributed by atoms with Crippen LogP contribution in [0.1, 0.15) is 18.1 Å². The molecule has 5 heteroatoms. The van der Waals surface area contributed by atoms with E-state index < -0.39 is 18.1 Å². The van der Waals surface area contributed by atoms with Gasteiger partial charge in [0.2, 0.25) is 5.91 Å². The van der Waals surface area contributed by atoms with Gasteiger partial charge in [-0.25, -0.2) is 0 Å². The zero-order valence-corrected chi connectivity index (χ0v) is 12.6. The number of hydrogen-bond acceptors (Lipinski definition) is 3. The summed E-state index contributed by atoms with van der Waals surface area (Å²) in [5, 5.41) is 12.7. The number of aliphatic hydroxyl groups is 1. The Kier molecular flexibility index (Phi) is 4.39. The molecule has 1 saturated heterocycles. The summed E-state index contributed by atoms with van der Waals surface area (Å²) in [6, 6.07) is 17.4. The molecule has 2 N–H and O–H groups in total. The molecule has 2 amide bonds. The lowest BCUT2D eigenvalue weighted by atomic mass is 10.1. The summed E-state index contributed by atoms with van der Waals surface area (Å²) >= 11 is 0. The van der Waals surface area contributed by atoms with Crippen molar-refractivity contribution < 1.29 is 14.7 Å². The summed E-state index contributed by atoms with van der Waals surface area (Å²) in [6.45, 7) is 0.551. The molecule has 0 aromatic heterocycles. The Morgan fingerprint density at radius 2 is 1.70 bits per heavy atom. The van der Waals surface area contributed by atoms with Crippen molar-refractivity contribution in [3.05, 3.63) is 66.2 Å². The number of carbonyl (C=O) groups excluding carboxylic acids is 2. The van der Waals surface area contributed by atoms with Crippen LogP contribution < -0.4 is 10.2 Å². The van der Waals surface area contributed by atoms with Gasteiger partial charge in [-0.2, -0.15) is 0 Å². The van der Waals surface area contributed by atoms with Gasteiger partial charge in [0, 0.05) is 12.2 Å². The topological polar surface area (TPSA) is 69.6 Å². The molecule has 118 valence electrons. The third-order valence-electron chi connectivity index (χ3n) is 3.95. The van der Waals surface area contributed by atoms with E-state index in [4.69, 9.17) is 0 Å². The molecule has 0 saturated carbocycles. The maximum atomic E-state index is 12.4. The highest BCUT2D eigenvalue weighted by molar-refractivity contribution is 6.01. The second kappa shape index (κ2) is 6.62. The molecule has 23 heavy (non-hydrogen) atoms. The number of hydrogen-bond donors (Lipinski definition) is 2. The molecule has 1 heterocycles. The number of carbonyl (C=O) groups is 2. The van der Waals surface area contributed by atoms with Crippen molar-refractivity contribution in [3.8, 4) is 0 Å². The molecule has 2 atom stereocenters. The number of rotatable bonds is 4. The molecule has 0 spiro atoms. The normalized spacial score (nSPS) is 18.7. The maximum Gasteiger partial charge on any atom is 0.254 e. The van der Waals surface area contributed by atoms with Crippen LogP contribution in [0.25, 0.3) is 0 Å². The molecular weight excluding hydrogens is 292 g/mol. The lowest BCUT2D eigenvalue weighted by Crippen LogP contribution is -2.43. The SMILES string of the molecule is O=C(NC1CCN(c2ccccc2)C1=O)C(O)c1ccccc1. The summed E-state index contributed by atoms with van der Waals surface area (Å²) < 4.78 is 0. The minimum absolute atomic E-state index is 0.148. The van der Waals surface area contributed by atoms with Crippen LogP contribution in [0.4, 0.5) is 5.69 Å². The summed E-state index contributed by atoms with van der Waals surface area (Å²) in [5.41, 5.74) is 1.33. The van der Waals surface area contributed by atoms with Gasteiger partial charge in [-0.15, -0.1) is 0 Å². The van der Waals surface area contributed by atoms with Crippen molar-refractivity contribution in [2.24, 2.45) is 0 Å². The third-order valence-corrected chi connectivity index (χ3v) is 3.95. The number of benzene rings is 2. The summed E-state index contributed by atoms with van der Waals surface area (Å²) in [6.07, 6.45) is -0.740. The molecule has 3 rings (SSSR count). The van der Waals surface area contributed by atoms with Crippen LogP contribution >= 0.6 is 0 Å². The van der Waals surface area contributed by atoms with Gasteiger partial charge in [-0.05, 0) is 24.1 Å². The van der Waals surface area contributed by atoms with Crippen LogP contribution in [0.3, 0.4) is 0 Å². The average molecular weight is 310 g/mol. The Bertz CT molecular complexity index is 688. The third kappa shape index (κ3) is 3.24. The monoisotopic (exact) mass is 310 g/mol. The molecule has 1 fully saturated rings. The van der Waals surface area contributed by atoms with E-state index in [2.05, 4.69) is 5.32 Å². The summed E-state index contributed by atoms with van der Waals surface area (Å²) in [5.74, 6) is -0.700. The number of aliphatic hydroxyl groups excluding tert-OH is 1. The van der Waals surface area contributed by atoms with Crippen LogP contribution in [0.5, 0.6) is 0 Å². The molecule has 1 aliphatic heterocycles. The van der Waals surface area contributed by atoms with Gasteiger partial charge in [0.1, 0.15) is 6.04 Å². The minimum atomic E-state index is -1.27. The fourth-order valence-electron chi connectivity index (χ4n) is 2.72. The average Bonchev–Trinajstić information content (AvgIpc) is 2.96. The molecule has 2 aromatic rings. The first-order valence-electron chi connectivity index (χ1n) is 7.56. The first-order chi connectivity index (χ1) is 11.2. The first kappa shape index (κ1) is 15.2. The highest BCUT2D eigenvalue weighted by Crippen LogP contribution is 2.22. The summed E-state index contributed by atoms with van der Waals surface area (Å²) in [4.78, 5) is 26.2. The Morgan fingerprint density at radius 1 is 1.09 bits per heavy atom. The lowest BCUT2D eigenvalue weighted by Gasteiger charge is -2.18. The number of amides is 2. The summed E-state index contributed by atoms with van der Waals surface area (Å²) in [7, 11) is 0. The number of nitrogens with one attached hydrogen (secondary N) is 1. The van der Waals surface area contributed by atoms with Crippen LogP contribution in [0, 0.1) is 0 Å². The fourth-order valence-corrected chi connectivity index (χ4v) is 2.72. The van der Waals surface area contributed by atoms with Gasteiger partial charge in [0.05, 0.1) is 0 Å². The van der Waals surface area contributed by atoms with Gasteiger partial charge in [-0.1, -0.05) is 48.5 Å². The quantitative estimate of drug-likeness (QED) is 0.902. The van der Waals surface area contributed by atoms with E-state index in [1.54, 1.807) is 29.2 Å². The molecule has 0 bridgehead atoms. The molecular formula is C18H18N2O3. The Hall–Kier alpha value is -2.66. The van der Waals surface area contributed by atoms with E-state index in [0.29, 0.717) is 18.5 Å². The molecule has 1 aliphatic rings. The molecule has 5 nitrogen and oxygen atoms in total. The predicted molar refractivity (Wildman–Crippen MR) is 86.7 cm³/mol. The van der Waals surface area contributed by atoms with Crippen LogP contribution in [-0.2, 0) is 9.59 Å². The second-order valence-electron chi connectivity index (χ2n) is 5.49. The van der Waals surface area contributed by atoms with Gasteiger partial charge in [0.15, 0.2) is 6.10 Å². The van der Waals surface area contributed by atoms with Gasteiger partial charge >= 0.3 is 0 Å². The molecule has 2 aromatic carbocycles. The highest BCUT2D eigenvalue weighted by Gasteiger charge is 2.34.